The first kappa shape index (κ1) is 11.7. The highest BCUT2D eigenvalue weighted by Gasteiger charge is 2.46. The molecule has 3 nitrogen and oxygen atoms in total. The molecule has 0 atom stereocenters. The number of aliphatic carboxylic acids is 1. The maximum atomic E-state index is 11.3. The predicted octanol–water partition coefficient (Wildman–Crippen LogP) is 2.21. The third-order valence-electron chi connectivity index (χ3n) is 4.17. The lowest BCUT2D eigenvalue weighted by Crippen LogP contribution is -2.50. The molecule has 1 saturated heterocycles. The van der Waals surface area contributed by atoms with Gasteiger partial charge in [0.1, 0.15) is 5.41 Å². The Morgan fingerprint density at radius 3 is 2.56 bits per heavy atom. The van der Waals surface area contributed by atoms with E-state index in [1.165, 1.54) is 30.4 Å². The number of hydrogen-bond acceptors (Lipinski definition) is 2. The van der Waals surface area contributed by atoms with Crippen LogP contribution in [-0.4, -0.2) is 24.3 Å². The molecule has 0 radical (unpaired) electrons. The number of rotatable bonds is 3. The van der Waals surface area contributed by atoms with Gasteiger partial charge in [-0.15, -0.1) is 0 Å². The number of carbonyl (C=O) groups is 1. The van der Waals surface area contributed by atoms with Crippen molar-refractivity contribution in [3.63, 3.8) is 0 Å². The highest BCUT2D eigenvalue weighted by molar-refractivity contribution is 5.76. The minimum Gasteiger partial charge on any atom is -0.481 e. The summed E-state index contributed by atoms with van der Waals surface area (Å²) in [6, 6.07) is 6.48. The zero-order chi connectivity index (χ0) is 12.6. The molecular weight excluding hydrogens is 228 g/mol. The smallest absolute Gasteiger partial charge is 0.314 e. The van der Waals surface area contributed by atoms with Crippen molar-refractivity contribution in [2.75, 3.05) is 13.2 Å². The van der Waals surface area contributed by atoms with E-state index >= 15 is 0 Å². The van der Waals surface area contributed by atoms with Gasteiger partial charge < -0.3 is 9.84 Å². The molecule has 0 amide bonds. The molecule has 0 unspecified atom stereocenters. The summed E-state index contributed by atoms with van der Waals surface area (Å²) in [6.07, 6.45) is 5.43. The quantitative estimate of drug-likeness (QED) is 0.889. The van der Waals surface area contributed by atoms with Gasteiger partial charge in [-0.1, -0.05) is 18.2 Å². The van der Waals surface area contributed by atoms with Gasteiger partial charge >= 0.3 is 5.97 Å². The van der Waals surface area contributed by atoms with Crippen LogP contribution in [-0.2, 0) is 28.8 Å². The molecular formula is C15H18O3. The van der Waals surface area contributed by atoms with Crippen LogP contribution in [0.4, 0.5) is 0 Å². The number of hydrogen-bond donors (Lipinski definition) is 1. The second kappa shape index (κ2) is 4.39. The molecule has 0 saturated carbocycles. The number of fused-ring (bicyclic) bond motifs is 1. The first-order valence-electron chi connectivity index (χ1n) is 6.61. The number of carboxylic acid groups (broad SMARTS) is 1. The summed E-state index contributed by atoms with van der Waals surface area (Å²) < 4.78 is 5.10. The predicted molar refractivity (Wildman–Crippen MR) is 67.7 cm³/mol. The highest BCUT2D eigenvalue weighted by Crippen LogP contribution is 2.33. The zero-order valence-corrected chi connectivity index (χ0v) is 10.4. The summed E-state index contributed by atoms with van der Waals surface area (Å²) in [5.74, 6) is -0.730. The monoisotopic (exact) mass is 246 g/mol. The Morgan fingerprint density at radius 2 is 1.94 bits per heavy atom. The fourth-order valence-corrected chi connectivity index (χ4v) is 2.94. The second-order valence-electron chi connectivity index (χ2n) is 5.57. The summed E-state index contributed by atoms with van der Waals surface area (Å²) >= 11 is 0. The van der Waals surface area contributed by atoms with Gasteiger partial charge in [0.25, 0.3) is 0 Å². The molecule has 1 fully saturated rings. The molecule has 1 aliphatic heterocycles. The Bertz CT molecular complexity index is 475. The van der Waals surface area contributed by atoms with Crippen LogP contribution in [0.15, 0.2) is 18.2 Å². The normalized spacial score (nSPS) is 20.9. The van der Waals surface area contributed by atoms with Gasteiger partial charge in [0.2, 0.25) is 0 Å². The van der Waals surface area contributed by atoms with E-state index in [1.54, 1.807) is 0 Å². The fraction of sp³-hybridized carbons (Fsp3) is 0.533. The summed E-state index contributed by atoms with van der Waals surface area (Å²) in [5.41, 5.74) is 3.32. The van der Waals surface area contributed by atoms with Gasteiger partial charge in [-0.2, -0.15) is 0 Å². The van der Waals surface area contributed by atoms with Crippen LogP contribution in [0.1, 0.15) is 29.5 Å². The topological polar surface area (TPSA) is 46.5 Å². The van der Waals surface area contributed by atoms with Gasteiger partial charge in [-0.05, 0) is 48.8 Å². The molecule has 0 aromatic heterocycles. The average molecular weight is 246 g/mol. The van der Waals surface area contributed by atoms with E-state index in [2.05, 4.69) is 18.2 Å². The molecule has 3 rings (SSSR count). The lowest BCUT2D eigenvalue weighted by Gasteiger charge is -2.37. The molecule has 0 bridgehead atoms. The summed E-state index contributed by atoms with van der Waals surface area (Å²) in [6.45, 7) is 0.693. The summed E-state index contributed by atoms with van der Waals surface area (Å²) in [4.78, 5) is 11.3. The molecule has 1 heterocycles. The third kappa shape index (κ3) is 1.93. The van der Waals surface area contributed by atoms with Crippen LogP contribution in [0, 0.1) is 5.41 Å². The van der Waals surface area contributed by atoms with Crippen molar-refractivity contribution < 1.29 is 14.6 Å². The van der Waals surface area contributed by atoms with Crippen molar-refractivity contribution in [1.29, 1.82) is 0 Å². The summed E-state index contributed by atoms with van der Waals surface area (Å²) in [5, 5.41) is 9.30. The van der Waals surface area contributed by atoms with Gasteiger partial charge in [0.05, 0.1) is 13.2 Å². The van der Waals surface area contributed by atoms with E-state index in [0.717, 1.165) is 12.0 Å². The number of ether oxygens (including phenoxy) is 1. The SMILES string of the molecule is O=C(O)C1(Cc2ccc3c(c2)CCCC3)COC1. The molecule has 18 heavy (non-hydrogen) atoms. The Balaban J connectivity index is 1.82. The Hall–Kier alpha value is -1.35. The van der Waals surface area contributed by atoms with E-state index in [1.807, 2.05) is 0 Å². The van der Waals surface area contributed by atoms with E-state index in [0.29, 0.717) is 19.6 Å². The fourth-order valence-electron chi connectivity index (χ4n) is 2.94. The lowest BCUT2D eigenvalue weighted by molar-refractivity contribution is -0.179. The van der Waals surface area contributed by atoms with Gasteiger partial charge in [-0.25, -0.2) is 0 Å². The molecule has 1 aromatic rings. The van der Waals surface area contributed by atoms with E-state index in [9.17, 15) is 9.90 Å². The van der Waals surface area contributed by atoms with Crippen LogP contribution < -0.4 is 0 Å². The minimum atomic E-state index is -0.730. The van der Waals surface area contributed by atoms with E-state index < -0.39 is 11.4 Å². The van der Waals surface area contributed by atoms with Crippen LogP contribution >= 0.6 is 0 Å². The Labute approximate surface area is 107 Å². The van der Waals surface area contributed by atoms with Crippen LogP contribution in [0.25, 0.3) is 0 Å². The van der Waals surface area contributed by atoms with Crippen LogP contribution in [0.3, 0.4) is 0 Å². The van der Waals surface area contributed by atoms with Crippen molar-refractivity contribution in [3.8, 4) is 0 Å². The van der Waals surface area contributed by atoms with Crippen molar-refractivity contribution in [2.24, 2.45) is 5.41 Å². The van der Waals surface area contributed by atoms with Crippen molar-refractivity contribution in [2.45, 2.75) is 32.1 Å². The molecule has 1 N–H and O–H groups in total. The van der Waals surface area contributed by atoms with Crippen molar-refractivity contribution in [3.05, 3.63) is 34.9 Å². The maximum Gasteiger partial charge on any atom is 0.314 e. The van der Waals surface area contributed by atoms with Gasteiger partial charge in [0.15, 0.2) is 0 Å². The van der Waals surface area contributed by atoms with Gasteiger partial charge in [-0.3, -0.25) is 4.79 Å². The average Bonchev–Trinajstić information content (AvgIpc) is 2.33. The first-order chi connectivity index (χ1) is 8.70. The number of aryl methyl sites for hydroxylation is 2. The molecule has 96 valence electrons. The molecule has 3 heteroatoms. The Kier molecular flexibility index (Phi) is 2.86. The highest BCUT2D eigenvalue weighted by atomic mass is 16.5. The van der Waals surface area contributed by atoms with E-state index in [-0.39, 0.29) is 0 Å². The summed E-state index contributed by atoms with van der Waals surface area (Å²) in [7, 11) is 0. The maximum absolute atomic E-state index is 11.3. The molecule has 0 spiro atoms. The second-order valence-corrected chi connectivity index (χ2v) is 5.57. The van der Waals surface area contributed by atoms with Crippen LogP contribution in [0.5, 0.6) is 0 Å². The number of carboxylic acids is 1. The van der Waals surface area contributed by atoms with E-state index in [4.69, 9.17) is 4.74 Å². The van der Waals surface area contributed by atoms with Gasteiger partial charge in [0, 0.05) is 0 Å². The van der Waals surface area contributed by atoms with Crippen molar-refractivity contribution >= 4 is 5.97 Å². The zero-order valence-electron chi connectivity index (χ0n) is 10.4. The Morgan fingerprint density at radius 1 is 1.22 bits per heavy atom. The lowest BCUT2D eigenvalue weighted by atomic mass is 9.78. The molecule has 1 aromatic carbocycles. The van der Waals surface area contributed by atoms with Crippen molar-refractivity contribution in [1.82, 2.24) is 0 Å². The largest absolute Gasteiger partial charge is 0.481 e. The molecule has 1 aliphatic carbocycles. The first-order valence-corrected chi connectivity index (χ1v) is 6.61. The molecule has 2 aliphatic rings. The van der Waals surface area contributed by atoms with Crippen LogP contribution in [0.2, 0.25) is 0 Å². The number of benzene rings is 1. The third-order valence-corrected chi connectivity index (χ3v) is 4.17. The minimum absolute atomic E-state index is 0.347. The standard InChI is InChI=1S/C15H18O3/c16-14(17)15(9-18-10-15)8-11-5-6-12-3-1-2-4-13(12)7-11/h5-7H,1-4,8-10H2,(H,16,17).